The maximum Gasteiger partial charge on any atom is 0.319 e. The minimum atomic E-state index is -3.21. The number of carbonyl (C=O) groups is 1. The lowest BCUT2D eigenvalue weighted by Gasteiger charge is -2.19. The van der Waals surface area contributed by atoms with Gasteiger partial charge in [0.1, 0.15) is 0 Å². The van der Waals surface area contributed by atoms with E-state index >= 15 is 0 Å². The summed E-state index contributed by atoms with van der Waals surface area (Å²) >= 11 is 6.27. The Morgan fingerprint density at radius 1 is 1.24 bits per heavy atom. The summed E-state index contributed by atoms with van der Waals surface area (Å²) in [7, 11) is -1.77. The minimum absolute atomic E-state index is 0.0860. The SMILES string of the molecule is COC1CS(=O)(=O)CC1NC(=O)Nc1c(C)cc(Cl)c2ccccc12. The van der Waals surface area contributed by atoms with Gasteiger partial charge < -0.3 is 15.4 Å². The van der Waals surface area contributed by atoms with Gasteiger partial charge in [-0.2, -0.15) is 0 Å². The van der Waals surface area contributed by atoms with Crippen LogP contribution in [0.3, 0.4) is 0 Å². The molecule has 8 heteroatoms. The molecule has 0 saturated carbocycles. The topological polar surface area (TPSA) is 84.5 Å². The molecule has 1 heterocycles. The van der Waals surface area contributed by atoms with Crippen LogP contribution >= 0.6 is 11.6 Å². The van der Waals surface area contributed by atoms with Crippen molar-refractivity contribution in [3.63, 3.8) is 0 Å². The third-order valence-electron chi connectivity index (χ3n) is 4.35. The molecule has 3 rings (SSSR count). The van der Waals surface area contributed by atoms with E-state index in [-0.39, 0.29) is 11.5 Å². The van der Waals surface area contributed by atoms with Gasteiger partial charge in [-0.3, -0.25) is 0 Å². The number of carbonyl (C=O) groups excluding carboxylic acids is 1. The zero-order valence-corrected chi connectivity index (χ0v) is 15.4. The van der Waals surface area contributed by atoms with E-state index < -0.39 is 28.0 Å². The number of anilines is 1. The first-order valence-electron chi connectivity index (χ1n) is 7.79. The summed E-state index contributed by atoms with van der Waals surface area (Å²) in [4.78, 5) is 12.4. The van der Waals surface area contributed by atoms with Crippen LogP contribution in [0, 0.1) is 6.92 Å². The van der Waals surface area contributed by atoms with Crippen LogP contribution in [0.15, 0.2) is 30.3 Å². The van der Waals surface area contributed by atoms with E-state index in [9.17, 15) is 13.2 Å². The molecular formula is C17H19ClN2O4S. The number of ether oxygens (including phenoxy) is 1. The monoisotopic (exact) mass is 382 g/mol. The molecule has 6 nitrogen and oxygen atoms in total. The van der Waals surface area contributed by atoms with Crippen molar-refractivity contribution in [3.05, 3.63) is 40.9 Å². The molecule has 0 aliphatic carbocycles. The highest BCUT2D eigenvalue weighted by Gasteiger charge is 2.38. The normalized spacial score (nSPS) is 22.0. The van der Waals surface area contributed by atoms with E-state index in [0.29, 0.717) is 10.7 Å². The third kappa shape index (κ3) is 3.73. The fourth-order valence-electron chi connectivity index (χ4n) is 3.13. The summed E-state index contributed by atoms with van der Waals surface area (Å²) in [5, 5.41) is 7.80. The highest BCUT2D eigenvalue weighted by atomic mass is 35.5. The lowest BCUT2D eigenvalue weighted by Crippen LogP contribution is -2.45. The van der Waals surface area contributed by atoms with Crippen molar-refractivity contribution in [2.45, 2.75) is 19.1 Å². The summed E-state index contributed by atoms with van der Waals surface area (Å²) < 4.78 is 28.7. The molecule has 0 radical (unpaired) electrons. The van der Waals surface area contributed by atoms with E-state index in [4.69, 9.17) is 16.3 Å². The molecule has 0 aromatic heterocycles. The van der Waals surface area contributed by atoms with Gasteiger partial charge in [-0.05, 0) is 18.6 Å². The lowest BCUT2D eigenvalue weighted by atomic mass is 10.0. The van der Waals surface area contributed by atoms with Crippen LogP contribution < -0.4 is 10.6 Å². The van der Waals surface area contributed by atoms with Gasteiger partial charge in [-0.25, -0.2) is 13.2 Å². The van der Waals surface area contributed by atoms with Gasteiger partial charge in [0, 0.05) is 22.9 Å². The van der Waals surface area contributed by atoms with E-state index in [1.807, 2.05) is 31.2 Å². The standard InChI is InChI=1S/C17H19ClN2O4S/c1-10-7-13(18)11-5-3-4-6-12(11)16(10)20-17(21)19-14-8-25(22,23)9-15(14)24-2/h3-7,14-15H,8-9H2,1-2H3,(H2,19,20,21). The Morgan fingerprint density at radius 3 is 2.60 bits per heavy atom. The summed E-state index contributed by atoms with van der Waals surface area (Å²) in [6.45, 7) is 1.85. The van der Waals surface area contributed by atoms with Crippen molar-refractivity contribution in [2.75, 3.05) is 23.9 Å². The van der Waals surface area contributed by atoms with Crippen LogP contribution in [0.1, 0.15) is 5.56 Å². The van der Waals surface area contributed by atoms with Gasteiger partial charge in [0.15, 0.2) is 9.84 Å². The van der Waals surface area contributed by atoms with Gasteiger partial charge in [0.2, 0.25) is 0 Å². The van der Waals surface area contributed by atoms with Crippen molar-refractivity contribution >= 4 is 43.9 Å². The second-order valence-corrected chi connectivity index (χ2v) is 8.71. The van der Waals surface area contributed by atoms with Crippen molar-refractivity contribution < 1.29 is 17.9 Å². The molecule has 1 saturated heterocycles. The van der Waals surface area contributed by atoms with Gasteiger partial charge in [-0.15, -0.1) is 0 Å². The first kappa shape index (κ1) is 18.0. The Balaban J connectivity index is 1.83. The zero-order chi connectivity index (χ0) is 18.2. The first-order chi connectivity index (χ1) is 11.8. The van der Waals surface area contributed by atoms with E-state index in [0.717, 1.165) is 16.3 Å². The molecule has 2 unspecified atom stereocenters. The molecule has 1 aliphatic rings. The average molecular weight is 383 g/mol. The highest BCUT2D eigenvalue weighted by molar-refractivity contribution is 7.91. The predicted octanol–water partition coefficient (Wildman–Crippen LogP) is 2.74. The summed E-state index contributed by atoms with van der Waals surface area (Å²) in [5.41, 5.74) is 1.47. The van der Waals surface area contributed by atoms with Gasteiger partial charge in [0.25, 0.3) is 0 Å². The van der Waals surface area contributed by atoms with Crippen LogP contribution in [0.4, 0.5) is 10.5 Å². The summed E-state index contributed by atoms with van der Waals surface area (Å²) in [6, 6.07) is 8.24. The van der Waals surface area contributed by atoms with Crippen LogP contribution in [0.5, 0.6) is 0 Å². The Morgan fingerprint density at radius 2 is 1.92 bits per heavy atom. The Kier molecular flexibility index (Phi) is 4.90. The average Bonchev–Trinajstić information content (AvgIpc) is 2.85. The molecule has 25 heavy (non-hydrogen) atoms. The highest BCUT2D eigenvalue weighted by Crippen LogP contribution is 2.33. The molecule has 2 amide bonds. The number of fused-ring (bicyclic) bond motifs is 1. The Bertz CT molecular complexity index is 930. The third-order valence-corrected chi connectivity index (χ3v) is 6.37. The molecule has 2 atom stereocenters. The molecular weight excluding hydrogens is 364 g/mol. The van der Waals surface area contributed by atoms with Crippen molar-refractivity contribution in [1.82, 2.24) is 5.32 Å². The van der Waals surface area contributed by atoms with Gasteiger partial charge in [0.05, 0.1) is 29.3 Å². The molecule has 0 spiro atoms. The molecule has 2 aromatic carbocycles. The number of halogens is 1. The minimum Gasteiger partial charge on any atom is -0.378 e. The van der Waals surface area contributed by atoms with E-state index in [1.165, 1.54) is 7.11 Å². The fourth-order valence-corrected chi connectivity index (χ4v) is 5.31. The molecule has 2 N–H and O–H groups in total. The van der Waals surface area contributed by atoms with Crippen LogP contribution in [-0.4, -0.2) is 45.2 Å². The Hall–Kier alpha value is -1.83. The number of sulfone groups is 1. The fraction of sp³-hybridized carbons (Fsp3) is 0.353. The van der Waals surface area contributed by atoms with Crippen LogP contribution in [0.2, 0.25) is 5.02 Å². The molecule has 134 valence electrons. The lowest BCUT2D eigenvalue weighted by molar-refractivity contribution is 0.102. The number of hydrogen-bond acceptors (Lipinski definition) is 4. The number of amides is 2. The largest absolute Gasteiger partial charge is 0.378 e. The maximum atomic E-state index is 12.4. The number of benzene rings is 2. The maximum absolute atomic E-state index is 12.4. The van der Waals surface area contributed by atoms with Crippen LogP contribution in [-0.2, 0) is 14.6 Å². The second kappa shape index (κ2) is 6.82. The predicted molar refractivity (Wildman–Crippen MR) is 99.1 cm³/mol. The van der Waals surface area contributed by atoms with Gasteiger partial charge in [-0.1, -0.05) is 35.9 Å². The molecule has 1 aliphatic heterocycles. The van der Waals surface area contributed by atoms with Crippen molar-refractivity contribution in [3.8, 4) is 0 Å². The number of nitrogens with one attached hydrogen (secondary N) is 2. The quantitative estimate of drug-likeness (QED) is 0.854. The molecule has 0 bridgehead atoms. The number of hydrogen-bond donors (Lipinski definition) is 2. The van der Waals surface area contributed by atoms with E-state index in [2.05, 4.69) is 10.6 Å². The summed E-state index contributed by atoms with van der Waals surface area (Å²) in [6.07, 6.45) is -0.543. The zero-order valence-electron chi connectivity index (χ0n) is 13.9. The van der Waals surface area contributed by atoms with Crippen LogP contribution in [0.25, 0.3) is 10.8 Å². The Labute approximate surface area is 151 Å². The molecule has 2 aromatic rings. The van der Waals surface area contributed by atoms with Gasteiger partial charge >= 0.3 is 6.03 Å². The number of methoxy groups -OCH3 is 1. The number of rotatable bonds is 3. The summed E-state index contributed by atoms with van der Waals surface area (Å²) in [5.74, 6) is -0.212. The number of urea groups is 1. The van der Waals surface area contributed by atoms with E-state index in [1.54, 1.807) is 6.07 Å². The first-order valence-corrected chi connectivity index (χ1v) is 9.99. The molecule has 1 fully saturated rings. The van der Waals surface area contributed by atoms with Crippen molar-refractivity contribution in [2.24, 2.45) is 0 Å². The van der Waals surface area contributed by atoms with Crippen molar-refractivity contribution in [1.29, 1.82) is 0 Å². The smallest absolute Gasteiger partial charge is 0.319 e. The second-order valence-electron chi connectivity index (χ2n) is 6.15. The number of aryl methyl sites for hydroxylation is 1.